The van der Waals surface area contributed by atoms with Crippen molar-refractivity contribution in [1.82, 2.24) is 10.3 Å². The maximum absolute atomic E-state index is 11.9. The number of hydrogen-bond acceptors (Lipinski definition) is 5. The van der Waals surface area contributed by atoms with Crippen LogP contribution in [0, 0.1) is 18.3 Å². The summed E-state index contributed by atoms with van der Waals surface area (Å²) in [5.74, 6) is 0.405. The SMILES string of the molecule is Cc1nc(CC(CO)(CNC(=O)OC(C)(C)C)CC(C)C)cs1. The smallest absolute Gasteiger partial charge is 0.407 e. The average Bonchev–Trinajstić information content (AvgIpc) is 2.78. The van der Waals surface area contributed by atoms with Crippen LogP contribution in [0.2, 0.25) is 0 Å². The highest BCUT2D eigenvalue weighted by molar-refractivity contribution is 7.09. The molecule has 23 heavy (non-hydrogen) atoms. The molecule has 0 radical (unpaired) electrons. The van der Waals surface area contributed by atoms with Gasteiger partial charge in [-0.05, 0) is 40.0 Å². The third-order valence-electron chi connectivity index (χ3n) is 3.41. The first kappa shape index (κ1) is 19.9. The zero-order chi connectivity index (χ0) is 17.7. The van der Waals surface area contributed by atoms with E-state index in [4.69, 9.17) is 4.74 Å². The number of amides is 1. The number of nitrogens with one attached hydrogen (secondary N) is 1. The summed E-state index contributed by atoms with van der Waals surface area (Å²) < 4.78 is 5.29. The predicted molar refractivity (Wildman–Crippen MR) is 93.8 cm³/mol. The van der Waals surface area contributed by atoms with Gasteiger partial charge in [0.05, 0.1) is 17.3 Å². The first-order chi connectivity index (χ1) is 10.6. The van der Waals surface area contributed by atoms with Gasteiger partial charge in [0.15, 0.2) is 0 Å². The summed E-state index contributed by atoms with van der Waals surface area (Å²) >= 11 is 1.60. The summed E-state index contributed by atoms with van der Waals surface area (Å²) in [4.78, 5) is 16.4. The number of rotatable bonds is 7. The molecule has 1 atom stereocenters. The Kier molecular flexibility index (Phi) is 7.02. The molecule has 1 rings (SSSR count). The standard InChI is InChI=1S/C17H30N2O3S/c1-12(2)7-17(11-20,8-14-9-23-13(3)19-14)10-18-15(21)22-16(4,5)6/h9,12,20H,7-8,10-11H2,1-6H3,(H,18,21). The van der Waals surface area contributed by atoms with Crippen molar-refractivity contribution in [2.75, 3.05) is 13.2 Å². The van der Waals surface area contributed by atoms with Crippen LogP contribution in [-0.4, -0.2) is 34.9 Å². The van der Waals surface area contributed by atoms with Gasteiger partial charge in [-0.3, -0.25) is 0 Å². The van der Waals surface area contributed by atoms with Gasteiger partial charge in [0.1, 0.15) is 5.60 Å². The number of aliphatic hydroxyl groups is 1. The normalized spacial score (nSPS) is 14.6. The molecule has 0 fully saturated rings. The number of nitrogens with zero attached hydrogens (tertiary/aromatic N) is 1. The Morgan fingerprint density at radius 3 is 2.52 bits per heavy atom. The number of carbonyl (C=O) groups is 1. The summed E-state index contributed by atoms with van der Waals surface area (Å²) in [5, 5.41) is 15.9. The number of aliphatic hydroxyl groups excluding tert-OH is 1. The molecule has 1 unspecified atom stereocenters. The number of carbonyl (C=O) groups excluding carboxylic acids is 1. The summed E-state index contributed by atoms with van der Waals surface area (Å²) in [5.41, 5.74) is 0.00919. The Morgan fingerprint density at radius 2 is 2.09 bits per heavy atom. The van der Waals surface area contributed by atoms with E-state index < -0.39 is 17.1 Å². The number of thiazole rings is 1. The molecule has 0 spiro atoms. The molecule has 0 bridgehead atoms. The molecule has 1 amide bonds. The fourth-order valence-electron chi connectivity index (χ4n) is 2.70. The molecular formula is C17H30N2O3S. The summed E-state index contributed by atoms with van der Waals surface area (Å²) in [6.45, 7) is 12.1. The zero-order valence-corrected chi connectivity index (χ0v) is 15.9. The Morgan fingerprint density at radius 1 is 1.43 bits per heavy atom. The van der Waals surface area contributed by atoms with Crippen molar-refractivity contribution in [2.45, 2.75) is 60.0 Å². The predicted octanol–water partition coefficient (Wildman–Crippen LogP) is 3.54. The fourth-order valence-corrected chi connectivity index (χ4v) is 3.31. The van der Waals surface area contributed by atoms with E-state index in [1.165, 1.54) is 0 Å². The lowest BCUT2D eigenvalue weighted by Gasteiger charge is -2.33. The number of hydrogen-bond donors (Lipinski definition) is 2. The molecule has 0 aromatic carbocycles. The molecule has 1 heterocycles. The van der Waals surface area contributed by atoms with E-state index >= 15 is 0 Å². The highest BCUT2D eigenvalue weighted by atomic mass is 32.1. The van der Waals surface area contributed by atoms with Crippen molar-refractivity contribution in [1.29, 1.82) is 0 Å². The first-order valence-electron chi connectivity index (χ1n) is 8.04. The molecule has 132 valence electrons. The second-order valence-corrected chi connectivity index (χ2v) is 8.71. The van der Waals surface area contributed by atoms with Gasteiger partial charge in [-0.25, -0.2) is 9.78 Å². The van der Waals surface area contributed by atoms with Crippen molar-refractivity contribution >= 4 is 17.4 Å². The second-order valence-electron chi connectivity index (χ2n) is 7.65. The third-order valence-corrected chi connectivity index (χ3v) is 4.23. The van der Waals surface area contributed by atoms with Crippen molar-refractivity contribution in [3.05, 3.63) is 16.1 Å². The molecule has 0 saturated carbocycles. The van der Waals surface area contributed by atoms with Gasteiger partial charge in [-0.15, -0.1) is 11.3 Å². The van der Waals surface area contributed by atoms with Crippen LogP contribution in [0.1, 0.15) is 51.7 Å². The number of aryl methyl sites for hydroxylation is 1. The van der Waals surface area contributed by atoms with Gasteiger partial charge in [-0.1, -0.05) is 13.8 Å². The monoisotopic (exact) mass is 342 g/mol. The molecule has 1 aromatic heterocycles. The number of alkyl carbamates (subject to hydrolysis) is 1. The lowest BCUT2D eigenvalue weighted by molar-refractivity contribution is 0.0439. The Labute approximate surface area is 143 Å². The molecule has 1 aromatic rings. The molecule has 2 N–H and O–H groups in total. The van der Waals surface area contributed by atoms with Gasteiger partial charge in [-0.2, -0.15) is 0 Å². The Bertz CT molecular complexity index is 508. The average molecular weight is 343 g/mol. The van der Waals surface area contributed by atoms with Gasteiger partial charge in [0.25, 0.3) is 0 Å². The van der Waals surface area contributed by atoms with Crippen molar-refractivity contribution in [2.24, 2.45) is 11.3 Å². The lowest BCUT2D eigenvalue weighted by atomic mass is 9.77. The van der Waals surface area contributed by atoms with Crippen molar-refractivity contribution in [3.63, 3.8) is 0 Å². The summed E-state index contributed by atoms with van der Waals surface area (Å²) in [7, 11) is 0. The molecule has 5 nitrogen and oxygen atoms in total. The van der Waals surface area contributed by atoms with Crippen LogP contribution in [-0.2, 0) is 11.2 Å². The van der Waals surface area contributed by atoms with E-state index in [1.54, 1.807) is 11.3 Å². The largest absolute Gasteiger partial charge is 0.444 e. The molecule has 0 aliphatic heterocycles. The second kappa shape index (κ2) is 8.11. The Balaban J connectivity index is 2.80. The zero-order valence-electron chi connectivity index (χ0n) is 15.1. The maximum Gasteiger partial charge on any atom is 0.407 e. The summed E-state index contributed by atoms with van der Waals surface area (Å²) in [6, 6.07) is 0. The van der Waals surface area contributed by atoms with Crippen LogP contribution in [0.5, 0.6) is 0 Å². The van der Waals surface area contributed by atoms with Crippen molar-refractivity contribution in [3.8, 4) is 0 Å². The minimum Gasteiger partial charge on any atom is -0.444 e. The number of ether oxygens (including phenoxy) is 1. The molecule has 0 saturated heterocycles. The Hall–Kier alpha value is -1.14. The van der Waals surface area contributed by atoms with Crippen LogP contribution < -0.4 is 5.32 Å². The highest BCUT2D eigenvalue weighted by Crippen LogP contribution is 2.30. The van der Waals surface area contributed by atoms with Crippen LogP contribution in [0.3, 0.4) is 0 Å². The topological polar surface area (TPSA) is 71.5 Å². The van der Waals surface area contributed by atoms with Crippen LogP contribution in [0.15, 0.2) is 5.38 Å². The van der Waals surface area contributed by atoms with Gasteiger partial charge >= 0.3 is 6.09 Å². The van der Waals surface area contributed by atoms with E-state index in [9.17, 15) is 9.90 Å². The molecular weight excluding hydrogens is 312 g/mol. The van der Waals surface area contributed by atoms with E-state index in [-0.39, 0.29) is 6.61 Å². The summed E-state index contributed by atoms with van der Waals surface area (Å²) in [6.07, 6.45) is 0.992. The first-order valence-corrected chi connectivity index (χ1v) is 8.92. The molecule has 0 aliphatic rings. The minimum absolute atomic E-state index is 0.00243. The minimum atomic E-state index is -0.532. The molecule has 0 aliphatic carbocycles. The van der Waals surface area contributed by atoms with Crippen molar-refractivity contribution < 1.29 is 14.6 Å². The molecule has 6 heteroatoms. The van der Waals surface area contributed by atoms with E-state index in [0.717, 1.165) is 17.1 Å². The van der Waals surface area contributed by atoms with E-state index in [0.29, 0.717) is 18.9 Å². The maximum atomic E-state index is 11.9. The van der Waals surface area contributed by atoms with E-state index in [1.807, 2.05) is 33.1 Å². The van der Waals surface area contributed by atoms with Crippen LogP contribution >= 0.6 is 11.3 Å². The van der Waals surface area contributed by atoms with Crippen LogP contribution in [0.25, 0.3) is 0 Å². The lowest BCUT2D eigenvalue weighted by Crippen LogP contribution is -2.44. The quantitative estimate of drug-likeness (QED) is 0.795. The van der Waals surface area contributed by atoms with Crippen LogP contribution in [0.4, 0.5) is 4.79 Å². The van der Waals surface area contributed by atoms with Gasteiger partial charge in [0.2, 0.25) is 0 Å². The van der Waals surface area contributed by atoms with Gasteiger partial charge < -0.3 is 15.2 Å². The fraction of sp³-hybridized carbons (Fsp3) is 0.765. The number of aromatic nitrogens is 1. The third kappa shape index (κ3) is 7.31. The highest BCUT2D eigenvalue weighted by Gasteiger charge is 2.33. The van der Waals surface area contributed by atoms with Gasteiger partial charge in [0, 0.05) is 23.8 Å². The van der Waals surface area contributed by atoms with E-state index in [2.05, 4.69) is 24.1 Å².